The Kier molecular flexibility index (Phi) is 8.87. The van der Waals surface area contributed by atoms with Crippen molar-refractivity contribution in [2.75, 3.05) is 23.3 Å². The van der Waals surface area contributed by atoms with E-state index in [0.717, 1.165) is 24.5 Å². The van der Waals surface area contributed by atoms with Gasteiger partial charge in [0.1, 0.15) is 11.9 Å². The third-order valence-corrected chi connectivity index (χ3v) is 5.66. The minimum absolute atomic E-state index is 0.143. The van der Waals surface area contributed by atoms with Gasteiger partial charge in [0.15, 0.2) is 0 Å². The van der Waals surface area contributed by atoms with Crippen LogP contribution in [-0.4, -0.2) is 48.3 Å². The van der Waals surface area contributed by atoms with Crippen molar-refractivity contribution in [2.24, 2.45) is 5.92 Å². The number of benzene rings is 1. The van der Waals surface area contributed by atoms with Gasteiger partial charge in [-0.3, -0.25) is 4.79 Å². The summed E-state index contributed by atoms with van der Waals surface area (Å²) in [6.07, 6.45) is 2.47. The van der Waals surface area contributed by atoms with Gasteiger partial charge in [-0.05, 0) is 50.8 Å². The van der Waals surface area contributed by atoms with E-state index in [-0.39, 0.29) is 30.1 Å². The van der Waals surface area contributed by atoms with Crippen LogP contribution in [0.5, 0.6) is 0 Å². The predicted molar refractivity (Wildman–Crippen MR) is 135 cm³/mol. The van der Waals surface area contributed by atoms with Crippen molar-refractivity contribution in [2.45, 2.75) is 65.8 Å². The number of hydrogen-bond donors (Lipinski definition) is 3. The minimum atomic E-state index is -0.654. The molecule has 1 aliphatic heterocycles. The maximum absolute atomic E-state index is 13.0. The fourth-order valence-electron chi connectivity index (χ4n) is 4.04. The normalized spacial score (nSPS) is 18.9. The molecular formula is C26H37N5O3. The highest BCUT2D eigenvalue weighted by Crippen LogP contribution is 2.20. The van der Waals surface area contributed by atoms with Gasteiger partial charge in [-0.15, -0.1) is 0 Å². The van der Waals surface area contributed by atoms with Crippen LogP contribution in [0.15, 0.2) is 42.6 Å². The highest BCUT2D eigenvalue weighted by molar-refractivity contribution is 5.97. The van der Waals surface area contributed by atoms with E-state index < -0.39 is 6.04 Å². The molecule has 3 N–H and O–H groups in total. The second-order valence-corrected chi connectivity index (χ2v) is 9.55. The molecule has 1 aromatic carbocycles. The van der Waals surface area contributed by atoms with E-state index in [1.807, 2.05) is 57.2 Å². The number of morpholine rings is 1. The number of hydrogen-bond acceptors (Lipinski definition) is 5. The number of rotatable bonds is 8. The van der Waals surface area contributed by atoms with Crippen molar-refractivity contribution in [3.05, 3.63) is 53.7 Å². The van der Waals surface area contributed by atoms with Crippen LogP contribution in [-0.2, 0) is 16.1 Å². The SMILES string of the molecule is Cc1ccc(CNC(=O)NC(CC(C)C)C(=O)Nc2ccc(N3CC(C)OC(C)C3)nc2)cc1. The second-order valence-electron chi connectivity index (χ2n) is 9.55. The fourth-order valence-corrected chi connectivity index (χ4v) is 4.04. The number of carbonyl (C=O) groups is 2. The average molecular weight is 468 g/mol. The summed E-state index contributed by atoms with van der Waals surface area (Å²) in [7, 11) is 0. The second kappa shape index (κ2) is 11.8. The van der Waals surface area contributed by atoms with E-state index in [1.165, 1.54) is 5.56 Å². The Hall–Kier alpha value is -3.13. The molecule has 1 aliphatic rings. The molecule has 0 aliphatic carbocycles. The maximum Gasteiger partial charge on any atom is 0.315 e. The van der Waals surface area contributed by atoms with Crippen LogP contribution in [0.1, 0.15) is 45.2 Å². The molecule has 34 heavy (non-hydrogen) atoms. The molecule has 1 aromatic heterocycles. The number of carbonyl (C=O) groups excluding carboxylic acids is 2. The van der Waals surface area contributed by atoms with E-state index in [4.69, 9.17) is 4.74 Å². The summed E-state index contributed by atoms with van der Waals surface area (Å²) in [6, 6.07) is 10.7. The van der Waals surface area contributed by atoms with Gasteiger partial charge in [0, 0.05) is 19.6 Å². The number of nitrogens with zero attached hydrogens (tertiary/aromatic N) is 2. The van der Waals surface area contributed by atoms with Crippen LogP contribution in [0.4, 0.5) is 16.3 Å². The molecule has 0 spiro atoms. The third kappa shape index (κ3) is 7.73. The Morgan fingerprint density at radius 3 is 2.35 bits per heavy atom. The number of amides is 3. The van der Waals surface area contributed by atoms with Gasteiger partial charge in [0.05, 0.1) is 24.1 Å². The molecule has 3 unspecified atom stereocenters. The summed E-state index contributed by atoms with van der Waals surface area (Å²) in [5.41, 5.74) is 2.76. The van der Waals surface area contributed by atoms with Crippen LogP contribution in [0, 0.1) is 12.8 Å². The van der Waals surface area contributed by atoms with Crippen molar-refractivity contribution < 1.29 is 14.3 Å². The van der Waals surface area contributed by atoms with Crippen LogP contribution >= 0.6 is 0 Å². The topological polar surface area (TPSA) is 95.6 Å². The molecule has 2 heterocycles. The van der Waals surface area contributed by atoms with Gasteiger partial charge < -0.3 is 25.6 Å². The molecule has 184 valence electrons. The first-order valence-electron chi connectivity index (χ1n) is 12.0. The number of aromatic nitrogens is 1. The molecule has 3 rings (SSSR count). The largest absolute Gasteiger partial charge is 0.372 e. The van der Waals surface area contributed by atoms with Gasteiger partial charge in [-0.1, -0.05) is 43.7 Å². The van der Waals surface area contributed by atoms with Crippen molar-refractivity contribution in [1.29, 1.82) is 0 Å². The lowest BCUT2D eigenvalue weighted by Gasteiger charge is -2.36. The molecule has 8 nitrogen and oxygen atoms in total. The van der Waals surface area contributed by atoms with Crippen LogP contribution in [0.2, 0.25) is 0 Å². The lowest BCUT2D eigenvalue weighted by molar-refractivity contribution is -0.118. The van der Waals surface area contributed by atoms with Gasteiger partial charge >= 0.3 is 6.03 Å². The quantitative estimate of drug-likeness (QED) is 0.548. The molecule has 1 fully saturated rings. The zero-order valence-corrected chi connectivity index (χ0v) is 20.8. The van der Waals surface area contributed by atoms with E-state index in [0.29, 0.717) is 18.7 Å². The van der Waals surface area contributed by atoms with Crippen molar-refractivity contribution in [3.8, 4) is 0 Å². The molecule has 3 atom stereocenters. The van der Waals surface area contributed by atoms with Crippen molar-refractivity contribution in [1.82, 2.24) is 15.6 Å². The Morgan fingerprint density at radius 2 is 1.76 bits per heavy atom. The predicted octanol–water partition coefficient (Wildman–Crippen LogP) is 3.86. The monoisotopic (exact) mass is 467 g/mol. The number of nitrogens with one attached hydrogen (secondary N) is 3. The summed E-state index contributed by atoms with van der Waals surface area (Å²) in [5, 5.41) is 8.55. The Bertz CT molecular complexity index is 936. The first-order chi connectivity index (χ1) is 16.2. The summed E-state index contributed by atoms with van der Waals surface area (Å²) < 4.78 is 5.78. The van der Waals surface area contributed by atoms with E-state index >= 15 is 0 Å². The van der Waals surface area contributed by atoms with Crippen molar-refractivity contribution in [3.63, 3.8) is 0 Å². The number of pyridine rings is 1. The maximum atomic E-state index is 13.0. The van der Waals surface area contributed by atoms with E-state index in [1.54, 1.807) is 6.20 Å². The Labute approximate surface area is 202 Å². The number of urea groups is 1. The highest BCUT2D eigenvalue weighted by Gasteiger charge is 2.24. The van der Waals surface area contributed by atoms with E-state index in [9.17, 15) is 9.59 Å². The standard InChI is InChI=1S/C26H37N5O3/c1-17(2)12-23(30-26(33)28-13-21-8-6-18(3)7-9-21)25(32)29-22-10-11-24(27-14-22)31-15-19(4)34-20(5)16-31/h6-11,14,17,19-20,23H,12-13,15-16H2,1-5H3,(H,29,32)(H2,28,30,33). The van der Waals surface area contributed by atoms with Gasteiger partial charge in [0.2, 0.25) is 5.91 Å². The van der Waals surface area contributed by atoms with Gasteiger partial charge in [-0.2, -0.15) is 0 Å². The Balaban J connectivity index is 1.56. The average Bonchev–Trinajstić information content (AvgIpc) is 2.78. The minimum Gasteiger partial charge on any atom is -0.372 e. The molecule has 8 heteroatoms. The lowest BCUT2D eigenvalue weighted by atomic mass is 10.0. The molecule has 3 amide bonds. The molecule has 0 bridgehead atoms. The van der Waals surface area contributed by atoms with Crippen molar-refractivity contribution >= 4 is 23.4 Å². The highest BCUT2D eigenvalue weighted by atomic mass is 16.5. The smallest absolute Gasteiger partial charge is 0.315 e. The first-order valence-corrected chi connectivity index (χ1v) is 12.0. The fraction of sp³-hybridized carbons (Fsp3) is 0.500. The third-order valence-electron chi connectivity index (χ3n) is 5.66. The molecule has 0 saturated carbocycles. The Morgan fingerprint density at radius 1 is 1.09 bits per heavy atom. The molecular weight excluding hydrogens is 430 g/mol. The van der Waals surface area contributed by atoms with Crippen LogP contribution in [0.25, 0.3) is 0 Å². The number of ether oxygens (including phenoxy) is 1. The van der Waals surface area contributed by atoms with Gasteiger partial charge in [0.25, 0.3) is 0 Å². The lowest BCUT2D eigenvalue weighted by Crippen LogP contribution is -2.48. The first kappa shape index (κ1) is 25.5. The molecule has 0 radical (unpaired) electrons. The summed E-state index contributed by atoms with van der Waals surface area (Å²) >= 11 is 0. The van der Waals surface area contributed by atoms with Gasteiger partial charge in [-0.25, -0.2) is 9.78 Å². The van der Waals surface area contributed by atoms with Crippen LogP contribution < -0.4 is 20.9 Å². The van der Waals surface area contributed by atoms with Crippen LogP contribution in [0.3, 0.4) is 0 Å². The summed E-state index contributed by atoms with van der Waals surface area (Å²) in [4.78, 5) is 32.2. The summed E-state index contributed by atoms with van der Waals surface area (Å²) in [5.74, 6) is 0.827. The summed E-state index contributed by atoms with van der Waals surface area (Å²) in [6.45, 7) is 12.1. The zero-order chi connectivity index (χ0) is 24.7. The number of aryl methyl sites for hydroxylation is 1. The molecule has 2 aromatic rings. The molecule has 1 saturated heterocycles. The number of anilines is 2. The zero-order valence-electron chi connectivity index (χ0n) is 20.8. The van der Waals surface area contributed by atoms with E-state index in [2.05, 4.69) is 39.7 Å².